The standard InChI is InChI=1S/C15H15N3O/c19-15(12-5-3-8-16-10-12)18-14-13-6-2-1-4-11(13)7-9-17-14/h1-6,8,10,14,17H,7,9H2,(H,18,19). The lowest BCUT2D eigenvalue weighted by molar-refractivity contribution is 0.0927. The van der Waals surface area contributed by atoms with Crippen molar-refractivity contribution >= 4 is 5.91 Å². The Labute approximate surface area is 111 Å². The molecular formula is C15H15N3O. The first-order chi connectivity index (χ1) is 9.34. The molecule has 4 heteroatoms. The summed E-state index contributed by atoms with van der Waals surface area (Å²) >= 11 is 0. The number of aromatic nitrogens is 1. The molecule has 0 aliphatic carbocycles. The number of carbonyl (C=O) groups is 1. The Morgan fingerprint density at radius 2 is 2.16 bits per heavy atom. The number of nitrogens with one attached hydrogen (secondary N) is 2. The highest BCUT2D eigenvalue weighted by Crippen LogP contribution is 2.20. The van der Waals surface area contributed by atoms with Gasteiger partial charge in [-0.1, -0.05) is 24.3 Å². The van der Waals surface area contributed by atoms with Gasteiger partial charge >= 0.3 is 0 Å². The Hall–Kier alpha value is -2.20. The third kappa shape index (κ3) is 2.48. The smallest absolute Gasteiger partial charge is 0.254 e. The average molecular weight is 253 g/mol. The molecule has 1 aliphatic rings. The van der Waals surface area contributed by atoms with Crippen molar-refractivity contribution < 1.29 is 4.79 Å². The molecule has 0 radical (unpaired) electrons. The van der Waals surface area contributed by atoms with E-state index in [2.05, 4.69) is 27.8 Å². The van der Waals surface area contributed by atoms with Crippen molar-refractivity contribution in [3.63, 3.8) is 0 Å². The van der Waals surface area contributed by atoms with E-state index in [0.717, 1.165) is 18.5 Å². The van der Waals surface area contributed by atoms with Crippen molar-refractivity contribution in [2.45, 2.75) is 12.6 Å². The lowest BCUT2D eigenvalue weighted by Crippen LogP contribution is -2.42. The van der Waals surface area contributed by atoms with E-state index >= 15 is 0 Å². The number of fused-ring (bicyclic) bond motifs is 1. The van der Waals surface area contributed by atoms with Crippen LogP contribution < -0.4 is 10.6 Å². The zero-order chi connectivity index (χ0) is 13.1. The number of amides is 1. The predicted octanol–water partition coefficient (Wildman–Crippen LogP) is 1.66. The van der Waals surface area contributed by atoms with E-state index in [1.165, 1.54) is 5.56 Å². The fraction of sp³-hybridized carbons (Fsp3) is 0.200. The number of rotatable bonds is 2. The van der Waals surface area contributed by atoms with Gasteiger partial charge in [0.25, 0.3) is 5.91 Å². The Morgan fingerprint density at radius 1 is 1.26 bits per heavy atom. The van der Waals surface area contributed by atoms with Crippen LogP contribution in [0.2, 0.25) is 0 Å². The molecule has 0 saturated heterocycles. The van der Waals surface area contributed by atoms with Crippen molar-refractivity contribution in [1.29, 1.82) is 0 Å². The van der Waals surface area contributed by atoms with Crippen LogP contribution in [0.25, 0.3) is 0 Å². The van der Waals surface area contributed by atoms with Gasteiger partial charge in [0.2, 0.25) is 0 Å². The number of hydrogen-bond acceptors (Lipinski definition) is 3. The molecule has 0 bridgehead atoms. The Morgan fingerprint density at radius 3 is 3.00 bits per heavy atom. The summed E-state index contributed by atoms with van der Waals surface area (Å²) in [5.41, 5.74) is 3.01. The Bertz CT molecular complexity index is 583. The van der Waals surface area contributed by atoms with Crippen LogP contribution in [0.15, 0.2) is 48.8 Å². The molecule has 1 amide bonds. The zero-order valence-electron chi connectivity index (χ0n) is 10.5. The van der Waals surface area contributed by atoms with Gasteiger partial charge in [-0.25, -0.2) is 0 Å². The third-order valence-corrected chi connectivity index (χ3v) is 3.31. The number of pyridine rings is 1. The van der Waals surface area contributed by atoms with Gasteiger partial charge < -0.3 is 5.32 Å². The van der Waals surface area contributed by atoms with Gasteiger partial charge in [0.05, 0.1) is 5.56 Å². The Balaban J connectivity index is 1.80. The first kappa shape index (κ1) is 11.9. The summed E-state index contributed by atoms with van der Waals surface area (Å²) in [4.78, 5) is 16.1. The second-order valence-corrected chi connectivity index (χ2v) is 4.55. The van der Waals surface area contributed by atoms with E-state index in [0.29, 0.717) is 5.56 Å². The van der Waals surface area contributed by atoms with Gasteiger partial charge in [0.15, 0.2) is 0 Å². The molecule has 2 heterocycles. The first-order valence-corrected chi connectivity index (χ1v) is 6.37. The molecule has 3 rings (SSSR count). The Kier molecular flexibility index (Phi) is 3.25. The topological polar surface area (TPSA) is 54.0 Å². The van der Waals surface area contributed by atoms with Crippen molar-refractivity contribution in [2.24, 2.45) is 0 Å². The van der Waals surface area contributed by atoms with E-state index in [1.54, 1.807) is 24.5 Å². The summed E-state index contributed by atoms with van der Waals surface area (Å²) in [5, 5.41) is 6.32. The van der Waals surface area contributed by atoms with Gasteiger partial charge in [-0.3, -0.25) is 15.1 Å². The minimum absolute atomic E-state index is 0.109. The summed E-state index contributed by atoms with van der Waals surface area (Å²) in [6.45, 7) is 0.870. The molecule has 4 nitrogen and oxygen atoms in total. The van der Waals surface area contributed by atoms with Crippen LogP contribution in [-0.2, 0) is 6.42 Å². The van der Waals surface area contributed by atoms with Crippen LogP contribution in [-0.4, -0.2) is 17.4 Å². The molecule has 2 aromatic rings. The number of nitrogens with zero attached hydrogens (tertiary/aromatic N) is 1. The van der Waals surface area contributed by atoms with Crippen molar-refractivity contribution in [2.75, 3.05) is 6.54 Å². The van der Waals surface area contributed by atoms with Crippen LogP contribution in [0.5, 0.6) is 0 Å². The van der Waals surface area contributed by atoms with Gasteiger partial charge in [-0.05, 0) is 29.7 Å². The molecule has 19 heavy (non-hydrogen) atoms. The van der Waals surface area contributed by atoms with E-state index < -0.39 is 0 Å². The molecule has 96 valence electrons. The van der Waals surface area contributed by atoms with Crippen molar-refractivity contribution in [3.8, 4) is 0 Å². The first-order valence-electron chi connectivity index (χ1n) is 6.37. The summed E-state index contributed by atoms with van der Waals surface area (Å²) < 4.78 is 0. The van der Waals surface area contributed by atoms with Crippen LogP contribution in [0.3, 0.4) is 0 Å². The SMILES string of the molecule is O=C(NC1NCCc2ccccc21)c1cccnc1. The molecular weight excluding hydrogens is 238 g/mol. The van der Waals surface area contributed by atoms with Crippen LogP contribution >= 0.6 is 0 Å². The quantitative estimate of drug-likeness (QED) is 0.855. The van der Waals surface area contributed by atoms with Gasteiger partial charge in [-0.15, -0.1) is 0 Å². The summed E-state index contributed by atoms with van der Waals surface area (Å²) in [6, 6.07) is 11.7. The molecule has 0 spiro atoms. The average Bonchev–Trinajstić information content (AvgIpc) is 2.48. The maximum atomic E-state index is 12.1. The van der Waals surface area contributed by atoms with E-state index in [9.17, 15) is 4.79 Å². The highest BCUT2D eigenvalue weighted by atomic mass is 16.1. The number of hydrogen-bond donors (Lipinski definition) is 2. The zero-order valence-corrected chi connectivity index (χ0v) is 10.5. The maximum Gasteiger partial charge on any atom is 0.254 e. The van der Waals surface area contributed by atoms with Gasteiger partial charge in [-0.2, -0.15) is 0 Å². The fourth-order valence-electron chi connectivity index (χ4n) is 2.34. The monoisotopic (exact) mass is 253 g/mol. The molecule has 1 atom stereocenters. The summed E-state index contributed by atoms with van der Waals surface area (Å²) in [5.74, 6) is -0.109. The minimum Gasteiger partial charge on any atom is -0.333 e. The van der Waals surface area contributed by atoms with E-state index in [1.807, 2.05) is 12.1 Å². The highest BCUT2D eigenvalue weighted by Gasteiger charge is 2.21. The highest BCUT2D eigenvalue weighted by molar-refractivity contribution is 5.94. The van der Waals surface area contributed by atoms with Gasteiger partial charge in [0, 0.05) is 18.9 Å². The maximum absolute atomic E-state index is 12.1. The lowest BCUT2D eigenvalue weighted by Gasteiger charge is -2.27. The molecule has 0 fully saturated rings. The second kappa shape index (κ2) is 5.20. The third-order valence-electron chi connectivity index (χ3n) is 3.31. The second-order valence-electron chi connectivity index (χ2n) is 4.55. The van der Waals surface area contributed by atoms with E-state index in [-0.39, 0.29) is 12.1 Å². The summed E-state index contributed by atoms with van der Waals surface area (Å²) in [6.07, 6.45) is 4.10. The molecule has 0 saturated carbocycles. The van der Waals surface area contributed by atoms with Crippen LogP contribution in [0, 0.1) is 0 Å². The van der Waals surface area contributed by atoms with Crippen LogP contribution in [0.4, 0.5) is 0 Å². The van der Waals surface area contributed by atoms with Crippen LogP contribution in [0.1, 0.15) is 27.7 Å². The molecule has 1 unspecified atom stereocenters. The normalized spacial score (nSPS) is 17.6. The predicted molar refractivity (Wildman–Crippen MR) is 72.6 cm³/mol. The molecule has 1 aromatic heterocycles. The van der Waals surface area contributed by atoms with Crippen molar-refractivity contribution in [1.82, 2.24) is 15.6 Å². The number of carbonyl (C=O) groups excluding carboxylic acids is 1. The fourth-order valence-corrected chi connectivity index (χ4v) is 2.34. The molecule has 1 aromatic carbocycles. The van der Waals surface area contributed by atoms with Crippen molar-refractivity contribution in [3.05, 3.63) is 65.5 Å². The largest absolute Gasteiger partial charge is 0.333 e. The minimum atomic E-state index is -0.127. The number of benzene rings is 1. The van der Waals surface area contributed by atoms with E-state index in [4.69, 9.17) is 0 Å². The van der Waals surface area contributed by atoms with Gasteiger partial charge in [0.1, 0.15) is 6.17 Å². The summed E-state index contributed by atoms with van der Waals surface area (Å²) in [7, 11) is 0. The molecule has 2 N–H and O–H groups in total. The molecule has 1 aliphatic heterocycles. The lowest BCUT2D eigenvalue weighted by atomic mass is 9.98.